The molecule has 0 saturated heterocycles. The summed E-state index contributed by atoms with van der Waals surface area (Å²) >= 11 is 0. The molecule has 14 aromatic carbocycles. The molecule has 0 aliphatic carbocycles. The molecule has 14 rings (SSSR count). The number of hydrogen-bond donors (Lipinski definition) is 0. The molecular formula is C112H140. The van der Waals surface area contributed by atoms with Crippen LogP contribution >= 0.6 is 0 Å². The fraction of sp³-hybridized carbons (Fsp3) is 0.375. The maximum Gasteiger partial charge on any atom is -0.0146 e. The lowest BCUT2D eigenvalue weighted by Gasteiger charge is -2.18. The number of fused-ring (bicyclic) bond motifs is 7. The van der Waals surface area contributed by atoms with Gasteiger partial charge >= 0.3 is 0 Å². The first-order valence-corrected chi connectivity index (χ1v) is 42.8. The largest absolute Gasteiger partial charge is 0.0616 e. The first-order chi connectivity index (χ1) is 53.2. The molecule has 0 heterocycles. The number of benzene rings is 14. The minimum atomic E-state index is 0.587. The zero-order valence-electron chi connectivity index (χ0n) is 74.3. The highest BCUT2D eigenvalue weighted by Gasteiger charge is 2.17. The van der Waals surface area contributed by atoms with Crippen molar-refractivity contribution in [2.75, 3.05) is 0 Å². The van der Waals surface area contributed by atoms with E-state index in [1.807, 2.05) is 0 Å². The standard InChI is InChI=1S/7C16H20/c1-11(2)14-7-5-13-6-8-15(12(3)4)10-16(13)9-14;1-11(2)13-8-9-16-14(10-13)6-5-7-15(16)12(3)4;1-11(2)14-9-8-13-6-5-7-15(12(3)4)16(13)10-14;1-11(2)14-9-13-7-5-6-8-15(13)16(10-14)12(3)4;1-11(2)13-9-10-14(12(3)4)16-8-6-5-7-15(13)16;2*1-11(2)14-10-9-13-7-5-6-8-15(13)16(14)12(3)4/h7*5-12H,1-4H3. The Balaban J connectivity index is 0.000000164. The van der Waals surface area contributed by atoms with Crippen molar-refractivity contribution >= 4 is 75.4 Å². The third kappa shape index (κ3) is 22.9. The van der Waals surface area contributed by atoms with Crippen LogP contribution in [0.3, 0.4) is 0 Å². The van der Waals surface area contributed by atoms with Gasteiger partial charge in [-0.1, -0.05) is 449 Å². The zero-order chi connectivity index (χ0) is 81.9. The molecule has 0 unspecified atom stereocenters. The fourth-order valence-corrected chi connectivity index (χ4v) is 15.8. The molecule has 0 amide bonds. The predicted molar refractivity (Wildman–Crippen MR) is 505 cm³/mol. The van der Waals surface area contributed by atoms with Crippen LogP contribution in [-0.4, -0.2) is 0 Å². The second-order valence-corrected chi connectivity index (χ2v) is 35.9. The molecule has 0 atom stereocenters. The van der Waals surface area contributed by atoms with Crippen molar-refractivity contribution in [3.05, 3.63) is 333 Å². The van der Waals surface area contributed by atoms with Gasteiger partial charge in [0.05, 0.1) is 0 Å². The van der Waals surface area contributed by atoms with Crippen LogP contribution in [0, 0.1) is 0 Å². The van der Waals surface area contributed by atoms with E-state index in [1.165, 1.54) is 153 Å². The van der Waals surface area contributed by atoms with Gasteiger partial charge < -0.3 is 0 Å². The normalized spacial score (nSPS) is 11.6. The molecule has 588 valence electrons. The van der Waals surface area contributed by atoms with E-state index in [2.05, 4.69) is 449 Å². The van der Waals surface area contributed by atoms with Crippen molar-refractivity contribution in [2.24, 2.45) is 0 Å². The molecule has 0 radical (unpaired) electrons. The molecule has 112 heavy (non-hydrogen) atoms. The Morgan fingerprint density at radius 3 is 0.768 bits per heavy atom. The van der Waals surface area contributed by atoms with Crippen LogP contribution in [0.5, 0.6) is 0 Å². The molecule has 0 nitrogen and oxygen atoms in total. The van der Waals surface area contributed by atoms with Crippen molar-refractivity contribution in [3.8, 4) is 0 Å². The van der Waals surface area contributed by atoms with Gasteiger partial charge in [-0.15, -0.1) is 0 Å². The number of hydrogen-bond acceptors (Lipinski definition) is 0. The van der Waals surface area contributed by atoms with Gasteiger partial charge in [0, 0.05) is 0 Å². The molecule has 14 aromatic rings. The van der Waals surface area contributed by atoms with Gasteiger partial charge in [0.25, 0.3) is 0 Å². The minimum Gasteiger partial charge on any atom is -0.0616 e. The quantitative estimate of drug-likeness (QED) is 0.102. The smallest absolute Gasteiger partial charge is 0.0146 e. The molecule has 0 aliphatic heterocycles. The highest BCUT2D eigenvalue weighted by atomic mass is 14.2. The van der Waals surface area contributed by atoms with Gasteiger partial charge in [-0.25, -0.2) is 0 Å². The highest BCUT2D eigenvalue weighted by Crippen LogP contribution is 2.38. The van der Waals surface area contributed by atoms with Gasteiger partial charge in [0.1, 0.15) is 0 Å². The summed E-state index contributed by atoms with van der Waals surface area (Å²) < 4.78 is 0. The predicted octanol–water partition coefficient (Wildman–Crippen LogP) is 35.6. The van der Waals surface area contributed by atoms with Crippen LogP contribution in [0.4, 0.5) is 0 Å². The van der Waals surface area contributed by atoms with E-state index in [9.17, 15) is 0 Å². The van der Waals surface area contributed by atoms with Crippen molar-refractivity contribution < 1.29 is 0 Å². The Kier molecular flexibility index (Phi) is 32.5. The lowest BCUT2D eigenvalue weighted by atomic mass is 9.86. The van der Waals surface area contributed by atoms with Crippen molar-refractivity contribution in [2.45, 2.75) is 277 Å². The summed E-state index contributed by atoms with van der Waals surface area (Å²) in [4.78, 5) is 0. The van der Waals surface area contributed by atoms with Gasteiger partial charge in [-0.2, -0.15) is 0 Å². The Bertz CT molecular complexity index is 5050. The maximum absolute atomic E-state index is 2.37. The SMILES string of the molecule is CC(C)c1cc(C(C)C)c2ccccc2c1.CC(C)c1ccc(C(C)C)c2ccccc12.CC(C)c1ccc2c(C(C)C)cccc2c1.CC(C)c1ccc2ccc(C(C)C)cc2c1.CC(C)c1ccc2cccc(C(C)C)c2c1.CC(C)c1ccc2ccccc2c1C(C)C.CC(C)c1ccc2ccccc2c1C(C)C. The second kappa shape index (κ2) is 41.1. The Morgan fingerprint density at radius 1 is 0.125 bits per heavy atom. The molecule has 0 fully saturated rings. The Hall–Kier alpha value is -9.10. The average Bonchev–Trinajstić information content (AvgIpc) is 0.844. The van der Waals surface area contributed by atoms with Crippen molar-refractivity contribution in [1.82, 2.24) is 0 Å². The fourth-order valence-electron chi connectivity index (χ4n) is 15.8. The van der Waals surface area contributed by atoms with E-state index in [1.54, 1.807) is 0 Å². The summed E-state index contributed by atoms with van der Waals surface area (Å²) in [5.41, 5.74) is 20.5. The summed E-state index contributed by atoms with van der Waals surface area (Å²) in [5, 5.41) is 19.4. The van der Waals surface area contributed by atoms with Crippen LogP contribution in [0.25, 0.3) is 75.4 Å². The van der Waals surface area contributed by atoms with Gasteiger partial charge in [0.2, 0.25) is 0 Å². The van der Waals surface area contributed by atoms with Crippen LogP contribution < -0.4 is 0 Å². The molecule has 0 aliphatic rings. The lowest BCUT2D eigenvalue weighted by molar-refractivity contribution is 0.798. The van der Waals surface area contributed by atoms with E-state index in [0.29, 0.717) is 82.9 Å². The van der Waals surface area contributed by atoms with Crippen LogP contribution in [0.1, 0.15) is 355 Å². The van der Waals surface area contributed by atoms with E-state index >= 15 is 0 Å². The van der Waals surface area contributed by atoms with E-state index in [4.69, 9.17) is 0 Å². The summed E-state index contributed by atoms with van der Waals surface area (Å²) in [6.07, 6.45) is 0. The van der Waals surface area contributed by atoms with Gasteiger partial charge in [-0.3, -0.25) is 0 Å². The van der Waals surface area contributed by atoms with Crippen LogP contribution in [-0.2, 0) is 0 Å². The third-order valence-electron chi connectivity index (χ3n) is 22.5. The Labute approximate surface area is 680 Å². The first kappa shape index (κ1) is 88.5. The second-order valence-electron chi connectivity index (χ2n) is 35.9. The molecule has 0 aromatic heterocycles. The minimum absolute atomic E-state index is 0.587. The lowest BCUT2D eigenvalue weighted by Crippen LogP contribution is -1.99. The number of rotatable bonds is 14. The van der Waals surface area contributed by atoms with Crippen LogP contribution in [0.2, 0.25) is 0 Å². The molecule has 0 bridgehead atoms. The summed E-state index contributed by atoms with van der Waals surface area (Å²) in [7, 11) is 0. The third-order valence-corrected chi connectivity index (χ3v) is 22.5. The molecule has 0 N–H and O–H groups in total. The monoisotopic (exact) mass is 1490 g/mol. The molecule has 0 heteroatoms. The van der Waals surface area contributed by atoms with Crippen molar-refractivity contribution in [3.63, 3.8) is 0 Å². The molecule has 0 saturated carbocycles. The van der Waals surface area contributed by atoms with Crippen LogP contribution in [0.15, 0.2) is 255 Å². The summed E-state index contributed by atoms with van der Waals surface area (Å²) in [6.45, 7) is 63.3. The first-order valence-electron chi connectivity index (χ1n) is 42.8. The topological polar surface area (TPSA) is 0 Å². The van der Waals surface area contributed by atoms with Gasteiger partial charge in [-0.05, 0) is 236 Å². The zero-order valence-corrected chi connectivity index (χ0v) is 74.3. The average molecular weight is 1490 g/mol. The van der Waals surface area contributed by atoms with E-state index in [-0.39, 0.29) is 0 Å². The maximum atomic E-state index is 2.37. The Morgan fingerprint density at radius 2 is 0.384 bits per heavy atom. The molecule has 0 spiro atoms. The van der Waals surface area contributed by atoms with Crippen molar-refractivity contribution in [1.29, 1.82) is 0 Å². The summed E-state index contributed by atoms with van der Waals surface area (Å²) in [5.74, 6) is 8.33. The van der Waals surface area contributed by atoms with Gasteiger partial charge in [0.15, 0.2) is 0 Å². The highest BCUT2D eigenvalue weighted by molar-refractivity contribution is 5.92. The van der Waals surface area contributed by atoms with E-state index in [0.717, 1.165) is 0 Å². The summed E-state index contributed by atoms with van der Waals surface area (Å²) in [6, 6.07) is 93.8. The molecular weight excluding hydrogens is 1350 g/mol. The van der Waals surface area contributed by atoms with E-state index < -0.39 is 0 Å².